The highest BCUT2D eigenvalue weighted by Gasteiger charge is 2.26. The van der Waals surface area contributed by atoms with E-state index in [-0.39, 0.29) is 6.04 Å². The minimum absolute atomic E-state index is 0.228. The second-order valence-electron chi connectivity index (χ2n) is 8.28. The molecule has 3 aromatic heterocycles. The van der Waals surface area contributed by atoms with Crippen molar-refractivity contribution in [3.8, 4) is 0 Å². The molecule has 1 atom stereocenters. The predicted molar refractivity (Wildman–Crippen MR) is 130 cm³/mol. The molecule has 0 aliphatic carbocycles. The van der Waals surface area contributed by atoms with E-state index < -0.39 is 0 Å². The largest absolute Gasteiger partial charge is 0.377 e. The minimum atomic E-state index is 0.228. The zero-order chi connectivity index (χ0) is 22.6. The fourth-order valence-electron chi connectivity index (χ4n) is 4.41. The number of aromatic nitrogens is 4. The number of aromatic amines is 1. The third-order valence-electron chi connectivity index (χ3n) is 6.18. The first kappa shape index (κ1) is 21.2. The summed E-state index contributed by atoms with van der Waals surface area (Å²) in [7, 11) is 0. The molecule has 0 saturated carbocycles. The number of anilines is 5. The molecule has 1 unspecified atom stereocenters. The summed E-state index contributed by atoms with van der Waals surface area (Å²) in [6, 6.07) is 10.2. The lowest BCUT2D eigenvalue weighted by molar-refractivity contribution is 0.0985. The number of piperazine rings is 1. The summed E-state index contributed by atoms with van der Waals surface area (Å²) >= 11 is 0. The molecule has 5 heterocycles. The van der Waals surface area contributed by atoms with Crippen molar-refractivity contribution in [1.82, 2.24) is 20.2 Å². The van der Waals surface area contributed by atoms with Gasteiger partial charge in [-0.25, -0.2) is 9.97 Å². The molecule has 0 amide bonds. The van der Waals surface area contributed by atoms with Crippen molar-refractivity contribution in [2.24, 2.45) is 0 Å². The first-order valence-electron chi connectivity index (χ1n) is 11.3. The lowest BCUT2D eigenvalue weighted by atomic mass is 10.1. The number of nitrogens with one attached hydrogen (secondary N) is 3. The number of morpholine rings is 1. The Labute approximate surface area is 193 Å². The van der Waals surface area contributed by atoms with Gasteiger partial charge in [-0.3, -0.25) is 5.10 Å². The minimum Gasteiger partial charge on any atom is -0.377 e. The normalized spacial score (nSPS) is 18.9. The maximum absolute atomic E-state index is 8.19. The summed E-state index contributed by atoms with van der Waals surface area (Å²) in [6.07, 6.45) is 4.91. The maximum Gasteiger partial charge on any atom is 0.144 e. The summed E-state index contributed by atoms with van der Waals surface area (Å²) < 4.78 is 5.64. The maximum atomic E-state index is 8.19. The molecule has 2 fully saturated rings. The van der Waals surface area contributed by atoms with Crippen molar-refractivity contribution in [2.45, 2.75) is 13.0 Å². The predicted octanol–water partition coefficient (Wildman–Crippen LogP) is 2.49. The average molecular weight is 448 g/mol. The molecule has 0 spiro atoms. The molecule has 3 aromatic rings. The topological polar surface area (TPSA) is 109 Å². The zero-order valence-electron chi connectivity index (χ0n) is 18.7. The fourth-order valence-corrected chi connectivity index (χ4v) is 4.41. The number of hydrogen-bond acceptors (Lipinski definition) is 9. The summed E-state index contributed by atoms with van der Waals surface area (Å²) in [5, 5.41) is 18.5. The summed E-state index contributed by atoms with van der Waals surface area (Å²) in [5.41, 5.74) is 1.77. The quantitative estimate of drug-likeness (QED) is 0.495. The SMILES string of the molecule is CC1COCCN1c1cc(N2CCN(c3ccccn3)CC2)c(C=N)c(Nc2ccn[nH]2)n1. The van der Waals surface area contributed by atoms with Gasteiger partial charge in [-0.05, 0) is 19.1 Å². The number of pyridine rings is 2. The standard InChI is InChI=1S/C23H29N9O/c1-17-16-33-13-12-32(17)22-14-19(18(15-24)23(28-22)27-20-5-7-26-29-20)30-8-10-31(11-9-30)21-4-2-3-6-25-21/h2-7,14-15,17,24H,8-13,16H2,1H3,(H2,26,27,28,29). The van der Waals surface area contributed by atoms with Crippen LogP contribution < -0.4 is 20.0 Å². The van der Waals surface area contributed by atoms with Gasteiger partial charge >= 0.3 is 0 Å². The van der Waals surface area contributed by atoms with Gasteiger partial charge in [-0.1, -0.05) is 6.07 Å². The highest BCUT2D eigenvalue weighted by atomic mass is 16.5. The lowest BCUT2D eigenvalue weighted by Gasteiger charge is -2.39. The Morgan fingerprint density at radius 1 is 1.09 bits per heavy atom. The smallest absolute Gasteiger partial charge is 0.144 e. The highest BCUT2D eigenvalue weighted by molar-refractivity contribution is 5.94. The Bertz CT molecular complexity index is 1070. The number of rotatable bonds is 6. The van der Waals surface area contributed by atoms with Crippen LogP contribution >= 0.6 is 0 Å². The first-order chi connectivity index (χ1) is 16.2. The summed E-state index contributed by atoms with van der Waals surface area (Å²) in [4.78, 5) is 16.3. The van der Waals surface area contributed by atoms with E-state index in [0.717, 1.165) is 61.4 Å². The molecule has 2 aliphatic rings. The van der Waals surface area contributed by atoms with Crippen LogP contribution in [0, 0.1) is 5.41 Å². The van der Waals surface area contributed by atoms with Crippen LogP contribution in [0.3, 0.4) is 0 Å². The van der Waals surface area contributed by atoms with Gasteiger partial charge in [0.1, 0.15) is 23.3 Å². The van der Waals surface area contributed by atoms with E-state index in [1.807, 2.05) is 24.4 Å². The van der Waals surface area contributed by atoms with Gasteiger partial charge in [0.25, 0.3) is 0 Å². The molecular formula is C23H29N9O. The van der Waals surface area contributed by atoms with E-state index in [2.05, 4.69) is 54.3 Å². The summed E-state index contributed by atoms with van der Waals surface area (Å²) in [5.74, 6) is 3.28. The molecule has 2 aliphatic heterocycles. The number of ether oxygens (including phenoxy) is 1. The molecule has 0 bridgehead atoms. The first-order valence-corrected chi connectivity index (χ1v) is 11.3. The van der Waals surface area contributed by atoms with Gasteiger partial charge < -0.3 is 30.2 Å². The second-order valence-corrected chi connectivity index (χ2v) is 8.28. The van der Waals surface area contributed by atoms with Gasteiger partial charge in [0, 0.05) is 57.3 Å². The number of hydrogen-bond donors (Lipinski definition) is 3. The highest BCUT2D eigenvalue weighted by Crippen LogP contribution is 2.33. The van der Waals surface area contributed by atoms with E-state index in [1.165, 1.54) is 6.21 Å². The van der Waals surface area contributed by atoms with E-state index in [4.69, 9.17) is 15.1 Å². The number of H-pyrrole nitrogens is 1. The van der Waals surface area contributed by atoms with Crippen molar-refractivity contribution in [2.75, 3.05) is 66.0 Å². The third kappa shape index (κ3) is 4.47. The van der Waals surface area contributed by atoms with E-state index in [9.17, 15) is 0 Å². The van der Waals surface area contributed by atoms with Crippen LogP contribution in [0.4, 0.5) is 29.0 Å². The average Bonchev–Trinajstić information content (AvgIpc) is 3.38. The van der Waals surface area contributed by atoms with Crippen molar-refractivity contribution in [3.63, 3.8) is 0 Å². The molecule has 0 radical (unpaired) electrons. The van der Waals surface area contributed by atoms with Crippen LogP contribution in [0.25, 0.3) is 0 Å². The van der Waals surface area contributed by atoms with Crippen LogP contribution in [-0.2, 0) is 4.74 Å². The molecule has 2 saturated heterocycles. The Hall–Kier alpha value is -3.66. The fraction of sp³-hybridized carbons (Fsp3) is 0.391. The lowest BCUT2D eigenvalue weighted by Crippen LogP contribution is -2.47. The van der Waals surface area contributed by atoms with Crippen LogP contribution in [0.5, 0.6) is 0 Å². The number of nitrogens with zero attached hydrogens (tertiary/aromatic N) is 6. The van der Waals surface area contributed by atoms with Crippen molar-refractivity contribution in [1.29, 1.82) is 5.41 Å². The Balaban J connectivity index is 1.47. The second kappa shape index (κ2) is 9.45. The van der Waals surface area contributed by atoms with Crippen LogP contribution in [0.15, 0.2) is 42.7 Å². The van der Waals surface area contributed by atoms with Crippen molar-refractivity contribution < 1.29 is 4.74 Å². The molecule has 33 heavy (non-hydrogen) atoms. The molecule has 0 aromatic carbocycles. The van der Waals surface area contributed by atoms with Gasteiger partial charge in [0.15, 0.2) is 0 Å². The van der Waals surface area contributed by atoms with Crippen molar-refractivity contribution >= 4 is 35.2 Å². The van der Waals surface area contributed by atoms with Crippen LogP contribution in [0.2, 0.25) is 0 Å². The Morgan fingerprint density at radius 2 is 1.94 bits per heavy atom. The third-order valence-corrected chi connectivity index (χ3v) is 6.18. The van der Waals surface area contributed by atoms with E-state index in [1.54, 1.807) is 6.20 Å². The van der Waals surface area contributed by atoms with Gasteiger partial charge in [0.2, 0.25) is 0 Å². The van der Waals surface area contributed by atoms with Gasteiger partial charge in [-0.2, -0.15) is 5.10 Å². The summed E-state index contributed by atoms with van der Waals surface area (Å²) in [6.45, 7) is 7.70. The van der Waals surface area contributed by atoms with E-state index >= 15 is 0 Å². The zero-order valence-corrected chi connectivity index (χ0v) is 18.7. The molecule has 5 rings (SSSR count). The van der Waals surface area contributed by atoms with E-state index in [0.29, 0.717) is 19.0 Å². The molecule has 3 N–H and O–H groups in total. The Kier molecular flexibility index (Phi) is 6.07. The monoisotopic (exact) mass is 447 g/mol. The van der Waals surface area contributed by atoms with Crippen LogP contribution in [-0.4, -0.2) is 78.4 Å². The Morgan fingerprint density at radius 3 is 2.64 bits per heavy atom. The van der Waals surface area contributed by atoms with Gasteiger partial charge in [0.05, 0.1) is 36.7 Å². The molecule has 172 valence electrons. The molecule has 10 nitrogen and oxygen atoms in total. The van der Waals surface area contributed by atoms with Gasteiger partial charge in [-0.15, -0.1) is 0 Å². The van der Waals surface area contributed by atoms with Crippen LogP contribution in [0.1, 0.15) is 12.5 Å². The molecule has 10 heteroatoms. The van der Waals surface area contributed by atoms with Crippen molar-refractivity contribution in [3.05, 3.63) is 48.3 Å². The molecular weight excluding hydrogens is 418 g/mol.